The van der Waals surface area contributed by atoms with Crippen molar-refractivity contribution >= 4 is 22.8 Å². The third-order valence-corrected chi connectivity index (χ3v) is 5.54. The number of hydrogen-bond donors (Lipinski definition) is 1. The Morgan fingerprint density at radius 3 is 2.73 bits per heavy atom. The van der Waals surface area contributed by atoms with Gasteiger partial charge in [-0.1, -0.05) is 30.3 Å². The van der Waals surface area contributed by atoms with Crippen LogP contribution in [0.1, 0.15) is 19.8 Å². The smallest absolute Gasteiger partial charge is 0.308 e. The molecule has 1 N–H and O–H groups in total. The molecule has 1 unspecified atom stereocenters. The first kappa shape index (κ1) is 19.9. The van der Waals surface area contributed by atoms with Crippen LogP contribution in [0.15, 0.2) is 60.8 Å². The van der Waals surface area contributed by atoms with Gasteiger partial charge in [0.15, 0.2) is 6.10 Å². The molecule has 2 aromatic carbocycles. The van der Waals surface area contributed by atoms with Crippen LogP contribution in [-0.2, 0) is 9.59 Å². The van der Waals surface area contributed by atoms with E-state index in [0.29, 0.717) is 25.1 Å². The van der Waals surface area contributed by atoms with E-state index in [2.05, 4.69) is 17.1 Å². The van der Waals surface area contributed by atoms with E-state index in [-0.39, 0.29) is 12.5 Å². The Bertz CT molecular complexity index is 1070. The number of pyridine rings is 1. The molecule has 2 atom stereocenters. The van der Waals surface area contributed by atoms with E-state index in [1.54, 1.807) is 18.0 Å². The van der Waals surface area contributed by atoms with Gasteiger partial charge in [0.2, 0.25) is 0 Å². The fourth-order valence-electron chi connectivity index (χ4n) is 3.96. The van der Waals surface area contributed by atoms with Crippen molar-refractivity contribution in [3.05, 3.63) is 60.8 Å². The molecule has 1 aliphatic heterocycles. The van der Waals surface area contributed by atoms with Crippen molar-refractivity contribution in [3.63, 3.8) is 0 Å². The summed E-state index contributed by atoms with van der Waals surface area (Å²) < 4.78 is 5.90. The summed E-state index contributed by atoms with van der Waals surface area (Å²) in [5.74, 6) is -0.980. The minimum atomic E-state index is -0.851. The fraction of sp³-hybridized carbons (Fsp3) is 0.292. The third kappa shape index (κ3) is 4.13. The average Bonchev–Trinajstić information content (AvgIpc) is 2.78. The quantitative estimate of drug-likeness (QED) is 0.695. The monoisotopic (exact) mass is 404 g/mol. The van der Waals surface area contributed by atoms with Gasteiger partial charge in [-0.25, -0.2) is 0 Å². The molecule has 30 heavy (non-hydrogen) atoms. The summed E-state index contributed by atoms with van der Waals surface area (Å²) in [6.45, 7) is 2.50. The Morgan fingerprint density at radius 1 is 1.17 bits per heavy atom. The summed E-state index contributed by atoms with van der Waals surface area (Å²) in [7, 11) is 0. The predicted molar refractivity (Wildman–Crippen MR) is 114 cm³/mol. The van der Waals surface area contributed by atoms with Crippen molar-refractivity contribution in [1.29, 1.82) is 0 Å². The van der Waals surface area contributed by atoms with Crippen LogP contribution in [-0.4, -0.2) is 46.1 Å². The lowest BCUT2D eigenvalue weighted by Crippen LogP contribution is -2.47. The molecule has 154 valence electrons. The SMILES string of the molecule is CC(Oc1ccc2c(-c3ccccc3)ccnc2c1)C(=O)N1CCC[C@H](C(=O)O)C1. The van der Waals surface area contributed by atoms with E-state index in [0.717, 1.165) is 22.0 Å². The van der Waals surface area contributed by atoms with E-state index in [1.807, 2.05) is 42.5 Å². The molecular formula is C24H24N2O4. The number of aromatic nitrogens is 1. The number of fused-ring (bicyclic) bond motifs is 1. The van der Waals surface area contributed by atoms with E-state index in [9.17, 15) is 14.7 Å². The molecule has 6 heteroatoms. The van der Waals surface area contributed by atoms with Gasteiger partial charge in [-0.3, -0.25) is 14.6 Å². The number of amides is 1. The fourth-order valence-corrected chi connectivity index (χ4v) is 3.96. The summed E-state index contributed by atoms with van der Waals surface area (Å²) >= 11 is 0. The van der Waals surface area contributed by atoms with Crippen molar-refractivity contribution in [1.82, 2.24) is 9.88 Å². The highest BCUT2D eigenvalue weighted by Crippen LogP contribution is 2.30. The molecule has 0 aliphatic carbocycles. The van der Waals surface area contributed by atoms with Crippen molar-refractivity contribution in [2.24, 2.45) is 5.92 Å². The maximum absolute atomic E-state index is 12.8. The lowest BCUT2D eigenvalue weighted by Gasteiger charge is -2.32. The number of aliphatic carboxylic acids is 1. The molecular weight excluding hydrogens is 380 g/mol. The summed E-state index contributed by atoms with van der Waals surface area (Å²) in [6.07, 6.45) is 2.36. The molecule has 3 aromatic rings. The molecule has 1 aliphatic rings. The predicted octanol–water partition coefficient (Wildman–Crippen LogP) is 3.99. The van der Waals surface area contributed by atoms with Gasteiger partial charge in [0, 0.05) is 30.7 Å². The number of carbonyl (C=O) groups excluding carboxylic acids is 1. The van der Waals surface area contributed by atoms with Crippen LogP contribution in [0.4, 0.5) is 0 Å². The first-order valence-electron chi connectivity index (χ1n) is 10.2. The summed E-state index contributed by atoms with van der Waals surface area (Å²) in [5, 5.41) is 10.3. The minimum absolute atomic E-state index is 0.188. The van der Waals surface area contributed by atoms with E-state index >= 15 is 0 Å². The van der Waals surface area contributed by atoms with E-state index < -0.39 is 18.0 Å². The lowest BCUT2D eigenvalue weighted by molar-refractivity contribution is -0.147. The number of benzene rings is 2. The van der Waals surface area contributed by atoms with Gasteiger partial charge in [-0.2, -0.15) is 0 Å². The molecule has 0 bridgehead atoms. The van der Waals surface area contributed by atoms with Crippen molar-refractivity contribution in [3.8, 4) is 16.9 Å². The van der Waals surface area contributed by atoms with Crippen LogP contribution < -0.4 is 4.74 Å². The number of ether oxygens (including phenoxy) is 1. The standard InChI is InChI=1S/C24H24N2O4/c1-16(23(27)26-13-5-8-18(15-26)24(28)29)30-19-9-10-21-20(11-12-25-22(21)14-19)17-6-3-2-4-7-17/h2-4,6-7,9-12,14,16,18H,5,8,13,15H2,1H3,(H,28,29)/t16?,18-/m0/s1. The Balaban J connectivity index is 1.51. The van der Waals surface area contributed by atoms with Crippen LogP contribution in [0.25, 0.3) is 22.0 Å². The van der Waals surface area contributed by atoms with Crippen molar-refractivity contribution in [2.75, 3.05) is 13.1 Å². The second-order valence-electron chi connectivity index (χ2n) is 7.63. The van der Waals surface area contributed by atoms with Crippen LogP contribution in [0.5, 0.6) is 5.75 Å². The molecule has 0 radical (unpaired) electrons. The molecule has 6 nitrogen and oxygen atoms in total. The number of nitrogens with zero attached hydrogens (tertiary/aromatic N) is 2. The van der Waals surface area contributed by atoms with Crippen LogP contribution in [0.2, 0.25) is 0 Å². The number of rotatable bonds is 5. The molecule has 1 aromatic heterocycles. The molecule has 4 rings (SSSR count). The Labute approximate surface area is 175 Å². The second-order valence-corrected chi connectivity index (χ2v) is 7.63. The number of hydrogen-bond acceptors (Lipinski definition) is 4. The first-order chi connectivity index (χ1) is 14.5. The normalized spacial score (nSPS) is 17.5. The van der Waals surface area contributed by atoms with Gasteiger partial charge in [0.05, 0.1) is 11.4 Å². The maximum Gasteiger partial charge on any atom is 0.308 e. The third-order valence-electron chi connectivity index (χ3n) is 5.54. The number of piperidine rings is 1. The second kappa shape index (κ2) is 8.53. The van der Waals surface area contributed by atoms with E-state index in [1.165, 1.54) is 0 Å². The van der Waals surface area contributed by atoms with Crippen LogP contribution in [0.3, 0.4) is 0 Å². The molecule has 2 heterocycles. The highest BCUT2D eigenvalue weighted by Gasteiger charge is 2.31. The van der Waals surface area contributed by atoms with Gasteiger partial charge in [0.1, 0.15) is 5.75 Å². The van der Waals surface area contributed by atoms with Gasteiger partial charge in [-0.15, -0.1) is 0 Å². The highest BCUT2D eigenvalue weighted by molar-refractivity contribution is 5.95. The summed E-state index contributed by atoms with van der Waals surface area (Å²) in [6, 6.07) is 17.7. The molecule has 0 spiro atoms. The Kier molecular flexibility index (Phi) is 5.65. The molecule has 0 saturated carbocycles. The summed E-state index contributed by atoms with van der Waals surface area (Å²) in [4.78, 5) is 30.1. The van der Waals surface area contributed by atoms with Gasteiger partial charge < -0.3 is 14.7 Å². The largest absolute Gasteiger partial charge is 0.481 e. The van der Waals surface area contributed by atoms with Crippen LogP contribution >= 0.6 is 0 Å². The Morgan fingerprint density at radius 2 is 1.97 bits per heavy atom. The highest BCUT2D eigenvalue weighted by atomic mass is 16.5. The molecule has 1 fully saturated rings. The molecule has 1 amide bonds. The van der Waals surface area contributed by atoms with Gasteiger partial charge in [-0.05, 0) is 49.1 Å². The van der Waals surface area contributed by atoms with Crippen LogP contribution in [0, 0.1) is 5.92 Å². The zero-order chi connectivity index (χ0) is 21.1. The maximum atomic E-state index is 12.8. The number of carbonyl (C=O) groups is 2. The Hall–Kier alpha value is -3.41. The number of carboxylic acid groups (broad SMARTS) is 1. The van der Waals surface area contributed by atoms with Gasteiger partial charge >= 0.3 is 5.97 Å². The van der Waals surface area contributed by atoms with Crippen molar-refractivity contribution in [2.45, 2.75) is 25.9 Å². The number of likely N-dealkylation sites (tertiary alicyclic amines) is 1. The zero-order valence-corrected chi connectivity index (χ0v) is 16.8. The number of carboxylic acids is 1. The topological polar surface area (TPSA) is 79.7 Å². The van der Waals surface area contributed by atoms with Gasteiger partial charge in [0.25, 0.3) is 5.91 Å². The molecule has 1 saturated heterocycles. The first-order valence-corrected chi connectivity index (χ1v) is 10.2. The minimum Gasteiger partial charge on any atom is -0.481 e. The average molecular weight is 404 g/mol. The lowest BCUT2D eigenvalue weighted by atomic mass is 9.98. The summed E-state index contributed by atoms with van der Waals surface area (Å²) in [5.41, 5.74) is 2.99. The van der Waals surface area contributed by atoms with E-state index in [4.69, 9.17) is 4.74 Å². The van der Waals surface area contributed by atoms with Crippen molar-refractivity contribution < 1.29 is 19.4 Å². The zero-order valence-electron chi connectivity index (χ0n) is 16.8.